The van der Waals surface area contributed by atoms with Crippen LogP contribution in [0.15, 0.2) is 54.6 Å². The molecule has 1 N–H and O–H groups in total. The van der Waals surface area contributed by atoms with Crippen molar-refractivity contribution in [2.24, 2.45) is 5.92 Å². The van der Waals surface area contributed by atoms with E-state index < -0.39 is 11.9 Å². The topological polar surface area (TPSA) is 69.7 Å². The van der Waals surface area contributed by atoms with Crippen molar-refractivity contribution in [3.8, 4) is 0 Å². The van der Waals surface area contributed by atoms with Crippen molar-refractivity contribution >= 4 is 17.7 Å². The van der Waals surface area contributed by atoms with Gasteiger partial charge in [0.25, 0.3) is 5.91 Å². The van der Waals surface area contributed by atoms with Gasteiger partial charge in [0, 0.05) is 26.2 Å². The summed E-state index contributed by atoms with van der Waals surface area (Å²) in [5.41, 5.74) is 0.928. The number of hydrogen-bond donors (Lipinski definition) is 1. The maximum Gasteiger partial charge on any atom is 0.256 e. The molecule has 3 amide bonds. The highest BCUT2D eigenvalue weighted by molar-refractivity contribution is 5.94. The molecule has 1 atom stereocenters. The minimum Gasteiger partial charge on any atom is -0.344 e. The average Bonchev–Trinajstić information content (AvgIpc) is 3.04. The minimum atomic E-state index is -0.639. The number of rotatable bonds is 6. The molecule has 1 unspecified atom stereocenters. The fourth-order valence-electron chi connectivity index (χ4n) is 3.86. The molecule has 1 aliphatic rings. The van der Waals surface area contributed by atoms with Crippen LogP contribution < -0.4 is 5.32 Å². The van der Waals surface area contributed by atoms with Gasteiger partial charge in [-0.15, -0.1) is 0 Å². The summed E-state index contributed by atoms with van der Waals surface area (Å²) in [6, 6.07) is 14.7. The number of nitrogens with one attached hydrogen (secondary N) is 1. The Kier molecular flexibility index (Phi) is 7.98. The number of halogens is 1. The molecule has 3 rings (SSSR count). The number of hydrogen-bond acceptors (Lipinski definition) is 3. The molecule has 1 saturated heterocycles. The van der Waals surface area contributed by atoms with Gasteiger partial charge in [-0.05, 0) is 30.0 Å². The molecule has 7 heteroatoms. The SMILES string of the molecule is CC(C)C(NC(=O)Cc1ccccc1)C(=O)N1CCCN(C(=O)c2ccccc2F)CC1. The van der Waals surface area contributed by atoms with Crippen LogP contribution >= 0.6 is 0 Å². The van der Waals surface area contributed by atoms with Crippen molar-refractivity contribution in [1.29, 1.82) is 0 Å². The average molecular weight is 440 g/mol. The molecule has 6 nitrogen and oxygen atoms in total. The van der Waals surface area contributed by atoms with E-state index in [2.05, 4.69) is 5.32 Å². The van der Waals surface area contributed by atoms with E-state index in [9.17, 15) is 18.8 Å². The van der Waals surface area contributed by atoms with Crippen molar-refractivity contribution in [2.45, 2.75) is 32.7 Å². The van der Waals surface area contributed by atoms with E-state index in [0.29, 0.717) is 32.6 Å². The highest BCUT2D eigenvalue weighted by atomic mass is 19.1. The first-order valence-electron chi connectivity index (χ1n) is 11.0. The normalized spacial score (nSPS) is 15.2. The molecule has 1 heterocycles. The van der Waals surface area contributed by atoms with Crippen LogP contribution in [0.5, 0.6) is 0 Å². The summed E-state index contributed by atoms with van der Waals surface area (Å²) in [4.78, 5) is 41.8. The molecule has 2 aromatic carbocycles. The van der Waals surface area contributed by atoms with Crippen molar-refractivity contribution < 1.29 is 18.8 Å². The molecule has 0 radical (unpaired) electrons. The van der Waals surface area contributed by atoms with Crippen LogP contribution in [-0.2, 0) is 16.0 Å². The molecule has 0 spiro atoms. The van der Waals surface area contributed by atoms with E-state index in [0.717, 1.165) is 5.56 Å². The highest BCUT2D eigenvalue weighted by Gasteiger charge is 2.31. The molecular weight excluding hydrogens is 409 g/mol. The molecule has 0 bridgehead atoms. The largest absolute Gasteiger partial charge is 0.344 e. The Hall–Kier alpha value is -3.22. The number of carbonyl (C=O) groups is 3. The van der Waals surface area contributed by atoms with Crippen LogP contribution in [0.3, 0.4) is 0 Å². The first-order valence-corrected chi connectivity index (χ1v) is 11.0. The standard InChI is InChI=1S/C25H30FN3O3/c1-18(2)23(27-22(30)17-19-9-4-3-5-10-19)25(32)29-14-8-13-28(15-16-29)24(31)20-11-6-7-12-21(20)26/h3-7,9-12,18,23H,8,13-17H2,1-2H3,(H,27,30). The maximum absolute atomic E-state index is 14.0. The first-order chi connectivity index (χ1) is 15.4. The third-order valence-electron chi connectivity index (χ3n) is 5.66. The van der Waals surface area contributed by atoms with E-state index in [1.54, 1.807) is 21.9 Å². The minimum absolute atomic E-state index is 0.0421. The fourth-order valence-corrected chi connectivity index (χ4v) is 3.86. The smallest absolute Gasteiger partial charge is 0.256 e. The molecule has 0 aromatic heterocycles. The summed E-state index contributed by atoms with van der Waals surface area (Å²) in [6.07, 6.45) is 0.803. The zero-order chi connectivity index (χ0) is 23.1. The molecule has 0 saturated carbocycles. The quantitative estimate of drug-likeness (QED) is 0.753. The summed E-state index contributed by atoms with van der Waals surface area (Å²) >= 11 is 0. The number of amides is 3. The zero-order valence-electron chi connectivity index (χ0n) is 18.6. The van der Waals surface area contributed by atoms with Gasteiger partial charge in [-0.3, -0.25) is 14.4 Å². The van der Waals surface area contributed by atoms with Gasteiger partial charge in [-0.2, -0.15) is 0 Å². The predicted molar refractivity (Wildman–Crippen MR) is 120 cm³/mol. The third kappa shape index (κ3) is 5.93. The Morgan fingerprint density at radius 1 is 0.906 bits per heavy atom. The second kappa shape index (κ2) is 10.9. The lowest BCUT2D eigenvalue weighted by Gasteiger charge is -2.29. The van der Waals surface area contributed by atoms with E-state index in [-0.39, 0.29) is 35.6 Å². The van der Waals surface area contributed by atoms with Gasteiger partial charge in [0.1, 0.15) is 11.9 Å². The molecular formula is C25H30FN3O3. The second-order valence-corrected chi connectivity index (χ2v) is 8.40. The molecule has 170 valence electrons. The lowest BCUT2D eigenvalue weighted by atomic mass is 10.0. The summed E-state index contributed by atoms with van der Waals surface area (Å²) < 4.78 is 14.0. The highest BCUT2D eigenvalue weighted by Crippen LogP contribution is 2.15. The van der Waals surface area contributed by atoms with Gasteiger partial charge in [-0.1, -0.05) is 56.3 Å². The van der Waals surface area contributed by atoms with Crippen molar-refractivity contribution in [3.63, 3.8) is 0 Å². The van der Waals surface area contributed by atoms with Crippen molar-refractivity contribution in [3.05, 3.63) is 71.5 Å². The third-order valence-corrected chi connectivity index (χ3v) is 5.66. The van der Waals surface area contributed by atoms with Crippen molar-refractivity contribution in [2.75, 3.05) is 26.2 Å². The van der Waals surface area contributed by atoms with E-state index in [1.165, 1.54) is 12.1 Å². The molecule has 0 aliphatic carbocycles. The van der Waals surface area contributed by atoms with Crippen LogP contribution in [-0.4, -0.2) is 59.7 Å². The number of nitrogens with zero attached hydrogens (tertiary/aromatic N) is 2. The van der Waals surface area contributed by atoms with E-state index >= 15 is 0 Å². The van der Waals surface area contributed by atoms with Crippen LogP contribution in [0, 0.1) is 11.7 Å². The summed E-state index contributed by atoms with van der Waals surface area (Å²) in [6.45, 7) is 5.40. The zero-order valence-corrected chi connectivity index (χ0v) is 18.6. The van der Waals surface area contributed by atoms with Gasteiger partial charge in [0.05, 0.1) is 12.0 Å². The maximum atomic E-state index is 14.0. The van der Waals surface area contributed by atoms with Crippen LogP contribution in [0.2, 0.25) is 0 Å². The Labute approximate surface area is 188 Å². The Balaban J connectivity index is 1.62. The first kappa shape index (κ1) is 23.4. The van der Waals surface area contributed by atoms with E-state index in [4.69, 9.17) is 0 Å². The number of carbonyl (C=O) groups excluding carboxylic acids is 3. The summed E-state index contributed by atoms with van der Waals surface area (Å²) in [7, 11) is 0. The molecule has 1 fully saturated rings. The Morgan fingerprint density at radius 2 is 1.53 bits per heavy atom. The van der Waals surface area contributed by atoms with Gasteiger partial charge in [0.15, 0.2) is 0 Å². The van der Waals surface area contributed by atoms with Crippen LogP contribution in [0.25, 0.3) is 0 Å². The molecule has 1 aliphatic heterocycles. The monoisotopic (exact) mass is 439 g/mol. The van der Waals surface area contributed by atoms with Gasteiger partial charge in [0.2, 0.25) is 11.8 Å². The predicted octanol–water partition coefficient (Wildman–Crippen LogP) is 2.88. The van der Waals surface area contributed by atoms with Crippen molar-refractivity contribution in [1.82, 2.24) is 15.1 Å². The van der Waals surface area contributed by atoms with Gasteiger partial charge < -0.3 is 15.1 Å². The lowest BCUT2D eigenvalue weighted by molar-refractivity contribution is -0.137. The Morgan fingerprint density at radius 3 is 2.22 bits per heavy atom. The van der Waals surface area contributed by atoms with Crippen LogP contribution in [0.1, 0.15) is 36.2 Å². The Bertz CT molecular complexity index is 948. The summed E-state index contributed by atoms with van der Waals surface area (Å²) in [5, 5.41) is 2.89. The van der Waals surface area contributed by atoms with Gasteiger partial charge in [-0.25, -0.2) is 4.39 Å². The lowest BCUT2D eigenvalue weighted by Crippen LogP contribution is -2.52. The molecule has 32 heavy (non-hydrogen) atoms. The number of benzene rings is 2. The van der Waals surface area contributed by atoms with E-state index in [1.807, 2.05) is 44.2 Å². The second-order valence-electron chi connectivity index (χ2n) is 8.40. The van der Waals surface area contributed by atoms with Crippen LogP contribution in [0.4, 0.5) is 4.39 Å². The summed E-state index contributed by atoms with van der Waals surface area (Å²) in [5.74, 6) is -1.35. The fraction of sp³-hybridized carbons (Fsp3) is 0.400. The molecule has 2 aromatic rings. The van der Waals surface area contributed by atoms with Gasteiger partial charge >= 0.3 is 0 Å².